The Hall–Kier alpha value is -2.24. The third-order valence-electron chi connectivity index (χ3n) is 5.68. The fourth-order valence-electron chi connectivity index (χ4n) is 4.23. The molecule has 1 aromatic carbocycles. The van der Waals surface area contributed by atoms with E-state index >= 15 is 0 Å². The minimum atomic E-state index is -0.497. The van der Waals surface area contributed by atoms with Crippen molar-refractivity contribution in [3.05, 3.63) is 29.8 Å². The molecule has 148 valence electrons. The molecule has 1 unspecified atom stereocenters. The third-order valence-corrected chi connectivity index (χ3v) is 5.68. The largest absolute Gasteiger partial charge is 0.497 e. The summed E-state index contributed by atoms with van der Waals surface area (Å²) in [6, 6.07) is 8.11. The zero-order valence-electron chi connectivity index (χ0n) is 16.7. The van der Waals surface area contributed by atoms with Gasteiger partial charge in [-0.25, -0.2) is 4.79 Å². The van der Waals surface area contributed by atoms with Gasteiger partial charge in [0.05, 0.1) is 7.11 Å². The highest BCUT2D eigenvalue weighted by atomic mass is 16.6. The van der Waals surface area contributed by atoms with Gasteiger partial charge >= 0.3 is 6.09 Å². The predicted octanol–water partition coefficient (Wildman–Crippen LogP) is 3.32. The number of carbonyl (C=O) groups excluding carboxylic acids is 2. The molecule has 6 nitrogen and oxygen atoms in total. The highest BCUT2D eigenvalue weighted by molar-refractivity contribution is 5.78. The number of hydrogen-bond acceptors (Lipinski definition) is 4. The maximum Gasteiger partial charge on any atom is 0.410 e. The highest BCUT2D eigenvalue weighted by Crippen LogP contribution is 2.49. The number of nitrogens with one attached hydrogen (secondary N) is 1. The van der Waals surface area contributed by atoms with E-state index in [-0.39, 0.29) is 23.3 Å². The number of ether oxygens (including phenoxy) is 2. The van der Waals surface area contributed by atoms with E-state index in [1.807, 2.05) is 32.9 Å². The van der Waals surface area contributed by atoms with Crippen molar-refractivity contribution in [2.24, 2.45) is 5.41 Å². The summed E-state index contributed by atoms with van der Waals surface area (Å²) in [6.07, 6.45) is 1.84. The normalized spacial score (nSPS) is 22.3. The molecule has 2 fully saturated rings. The molecule has 1 spiro atoms. The Bertz CT molecular complexity index is 685. The van der Waals surface area contributed by atoms with E-state index in [1.165, 1.54) is 5.56 Å². The molecule has 6 heteroatoms. The highest BCUT2D eigenvalue weighted by Gasteiger charge is 2.47. The van der Waals surface area contributed by atoms with Crippen LogP contribution in [0.3, 0.4) is 0 Å². The van der Waals surface area contributed by atoms with Gasteiger partial charge in [-0.05, 0) is 56.7 Å². The molecule has 27 heavy (non-hydrogen) atoms. The Balaban J connectivity index is 1.75. The van der Waals surface area contributed by atoms with Crippen molar-refractivity contribution < 1.29 is 19.1 Å². The molecular formula is C21H30N2O4. The van der Waals surface area contributed by atoms with Gasteiger partial charge in [0.15, 0.2) is 0 Å². The van der Waals surface area contributed by atoms with E-state index in [9.17, 15) is 9.59 Å². The van der Waals surface area contributed by atoms with Gasteiger partial charge in [0, 0.05) is 32.0 Å². The van der Waals surface area contributed by atoms with Crippen LogP contribution in [0.2, 0.25) is 0 Å². The Morgan fingerprint density at radius 3 is 2.37 bits per heavy atom. The summed E-state index contributed by atoms with van der Waals surface area (Å²) in [5.74, 6) is 1.17. The van der Waals surface area contributed by atoms with Crippen molar-refractivity contribution in [1.82, 2.24) is 10.2 Å². The molecule has 1 aromatic rings. The summed E-state index contributed by atoms with van der Waals surface area (Å²) in [7, 11) is 1.66. The molecule has 0 aliphatic carbocycles. The lowest BCUT2D eigenvalue weighted by Crippen LogP contribution is -2.53. The second-order valence-corrected chi connectivity index (χ2v) is 8.64. The second-order valence-electron chi connectivity index (χ2n) is 8.64. The van der Waals surface area contributed by atoms with Gasteiger partial charge in [0.25, 0.3) is 0 Å². The molecule has 2 aliphatic rings. The van der Waals surface area contributed by atoms with Crippen molar-refractivity contribution in [1.29, 1.82) is 0 Å². The average Bonchev–Trinajstić information content (AvgIpc) is 2.61. The molecule has 2 aliphatic heterocycles. The quantitative estimate of drug-likeness (QED) is 0.862. The first-order valence-corrected chi connectivity index (χ1v) is 9.61. The minimum absolute atomic E-state index is 0.102. The number of likely N-dealkylation sites (tertiary alicyclic amines) is 1. The monoisotopic (exact) mass is 374 g/mol. The number of benzene rings is 1. The maximum absolute atomic E-state index is 12.4. The van der Waals surface area contributed by atoms with Crippen LogP contribution in [0.15, 0.2) is 24.3 Å². The zero-order valence-corrected chi connectivity index (χ0v) is 16.7. The minimum Gasteiger partial charge on any atom is -0.497 e. The summed E-state index contributed by atoms with van der Waals surface area (Å²) in [5, 5.41) is 3.02. The molecule has 2 amide bonds. The molecule has 2 heterocycles. The lowest BCUT2D eigenvalue weighted by atomic mass is 9.62. The molecule has 2 saturated heterocycles. The Kier molecular flexibility index (Phi) is 5.36. The smallest absolute Gasteiger partial charge is 0.410 e. The van der Waals surface area contributed by atoms with Crippen LogP contribution in [0.25, 0.3) is 0 Å². The molecule has 0 radical (unpaired) electrons. The average molecular weight is 374 g/mol. The van der Waals surface area contributed by atoms with Gasteiger partial charge < -0.3 is 19.7 Å². The van der Waals surface area contributed by atoms with Crippen LogP contribution >= 0.6 is 0 Å². The van der Waals surface area contributed by atoms with Crippen LogP contribution in [-0.4, -0.2) is 49.2 Å². The van der Waals surface area contributed by atoms with Crippen LogP contribution in [0, 0.1) is 5.41 Å². The molecule has 0 aromatic heterocycles. The fraction of sp³-hybridized carbons (Fsp3) is 0.619. The van der Waals surface area contributed by atoms with Crippen LogP contribution in [0.5, 0.6) is 5.75 Å². The number of amides is 2. The number of carbonyl (C=O) groups is 2. The number of piperidine rings is 2. The van der Waals surface area contributed by atoms with Gasteiger partial charge in [0.1, 0.15) is 11.4 Å². The van der Waals surface area contributed by atoms with Gasteiger partial charge in [-0.1, -0.05) is 12.1 Å². The lowest BCUT2D eigenvalue weighted by molar-refractivity contribution is -0.128. The third kappa shape index (κ3) is 4.37. The predicted molar refractivity (Wildman–Crippen MR) is 103 cm³/mol. The topological polar surface area (TPSA) is 67.9 Å². The number of rotatable bonds is 2. The zero-order chi connectivity index (χ0) is 19.7. The van der Waals surface area contributed by atoms with E-state index in [1.54, 1.807) is 12.0 Å². The van der Waals surface area contributed by atoms with E-state index in [2.05, 4.69) is 17.4 Å². The van der Waals surface area contributed by atoms with Crippen molar-refractivity contribution in [2.75, 3.05) is 26.7 Å². The van der Waals surface area contributed by atoms with Crippen LogP contribution in [0.1, 0.15) is 51.5 Å². The van der Waals surface area contributed by atoms with E-state index in [0.717, 1.165) is 18.6 Å². The molecule has 0 saturated carbocycles. The fourth-order valence-corrected chi connectivity index (χ4v) is 4.23. The van der Waals surface area contributed by atoms with Crippen molar-refractivity contribution in [2.45, 2.75) is 51.6 Å². The molecule has 1 atom stereocenters. The molecule has 0 bridgehead atoms. The Labute approximate surface area is 161 Å². The second kappa shape index (κ2) is 7.41. The summed E-state index contributed by atoms with van der Waals surface area (Å²) < 4.78 is 10.8. The summed E-state index contributed by atoms with van der Waals surface area (Å²) in [5.41, 5.74) is 0.597. The number of hydrogen-bond donors (Lipinski definition) is 1. The van der Waals surface area contributed by atoms with E-state index in [4.69, 9.17) is 9.47 Å². The standard InChI is InChI=1S/C21H30N2O4/c1-20(2,3)27-19(25)23-11-9-21(10-12-23)13-18(24)22-14-17(21)15-5-7-16(26-4)8-6-15/h5-8,17H,9-14H2,1-4H3,(H,22,24). The first-order chi connectivity index (χ1) is 12.7. The first kappa shape index (κ1) is 19.5. The van der Waals surface area contributed by atoms with Crippen LogP contribution in [0.4, 0.5) is 4.79 Å². The Morgan fingerprint density at radius 2 is 1.81 bits per heavy atom. The Morgan fingerprint density at radius 1 is 1.19 bits per heavy atom. The van der Waals surface area contributed by atoms with Gasteiger partial charge in [-0.3, -0.25) is 4.79 Å². The van der Waals surface area contributed by atoms with E-state index in [0.29, 0.717) is 26.1 Å². The summed E-state index contributed by atoms with van der Waals surface area (Å²) in [4.78, 5) is 26.3. The lowest BCUT2D eigenvalue weighted by Gasteiger charge is -2.49. The van der Waals surface area contributed by atoms with Gasteiger partial charge in [-0.15, -0.1) is 0 Å². The van der Waals surface area contributed by atoms with Gasteiger partial charge in [0.2, 0.25) is 5.91 Å². The molecule has 1 N–H and O–H groups in total. The first-order valence-electron chi connectivity index (χ1n) is 9.61. The molecular weight excluding hydrogens is 344 g/mol. The maximum atomic E-state index is 12.4. The summed E-state index contributed by atoms with van der Waals surface area (Å²) in [6.45, 7) is 7.51. The van der Waals surface area contributed by atoms with Crippen LogP contribution in [-0.2, 0) is 9.53 Å². The van der Waals surface area contributed by atoms with Crippen molar-refractivity contribution in [3.8, 4) is 5.75 Å². The SMILES string of the molecule is COc1ccc(C2CNC(=O)CC23CCN(C(=O)OC(C)(C)C)CC3)cc1. The van der Waals surface area contributed by atoms with Crippen molar-refractivity contribution in [3.63, 3.8) is 0 Å². The van der Waals surface area contributed by atoms with Gasteiger partial charge in [-0.2, -0.15) is 0 Å². The summed E-state index contributed by atoms with van der Waals surface area (Å²) >= 11 is 0. The van der Waals surface area contributed by atoms with Crippen LogP contribution < -0.4 is 10.1 Å². The van der Waals surface area contributed by atoms with Crippen molar-refractivity contribution >= 4 is 12.0 Å². The number of nitrogens with zero attached hydrogens (tertiary/aromatic N) is 1. The number of methoxy groups -OCH3 is 1. The van der Waals surface area contributed by atoms with E-state index < -0.39 is 5.60 Å². The molecule has 3 rings (SSSR count).